The molecule has 0 aliphatic carbocycles. The van der Waals surface area contributed by atoms with Gasteiger partial charge in [0, 0.05) is 22.0 Å². The van der Waals surface area contributed by atoms with E-state index in [-0.39, 0.29) is 5.91 Å². The molecule has 0 atom stereocenters. The molecule has 3 aromatic rings. The minimum Gasteiger partial charge on any atom is -0.309 e. The lowest BCUT2D eigenvalue weighted by Crippen LogP contribution is -2.33. The number of thioether (sulfide) groups is 1. The van der Waals surface area contributed by atoms with E-state index in [2.05, 4.69) is 11.8 Å². The number of hydrogen-bond acceptors (Lipinski definition) is 5. The van der Waals surface area contributed by atoms with Crippen molar-refractivity contribution in [3.63, 3.8) is 0 Å². The summed E-state index contributed by atoms with van der Waals surface area (Å²) < 4.78 is 0.989. The first kappa shape index (κ1) is 21.1. The minimum absolute atomic E-state index is 0.0116. The van der Waals surface area contributed by atoms with Crippen molar-refractivity contribution in [3.05, 3.63) is 53.1 Å². The number of anilines is 1. The maximum Gasteiger partial charge on any atom is 0.260 e. The summed E-state index contributed by atoms with van der Waals surface area (Å²) in [5.74, 6) is 0.963. The molecule has 0 unspecified atom stereocenters. The third-order valence-corrected chi connectivity index (χ3v) is 6.35. The van der Waals surface area contributed by atoms with Crippen LogP contribution < -0.4 is 4.90 Å². The first-order valence-corrected chi connectivity index (χ1v) is 11.4. The molecule has 1 amide bonds. The zero-order chi connectivity index (χ0) is 20.1. The van der Waals surface area contributed by atoms with Gasteiger partial charge in [-0.2, -0.15) is 0 Å². The van der Waals surface area contributed by atoms with Crippen molar-refractivity contribution in [2.24, 2.45) is 0 Å². The van der Waals surface area contributed by atoms with Crippen molar-refractivity contribution < 1.29 is 4.79 Å². The monoisotopic (exact) mass is 433 g/mol. The van der Waals surface area contributed by atoms with E-state index in [9.17, 15) is 4.79 Å². The van der Waals surface area contributed by atoms with Gasteiger partial charge in [-0.05, 0) is 69.2 Å². The van der Waals surface area contributed by atoms with Gasteiger partial charge in [0.25, 0.3) is 5.91 Å². The van der Waals surface area contributed by atoms with Crippen LogP contribution >= 0.6 is 34.7 Å². The molecule has 1 aromatic heterocycles. The zero-order valence-electron chi connectivity index (χ0n) is 16.3. The van der Waals surface area contributed by atoms with Crippen LogP contribution in [0, 0.1) is 0 Å². The van der Waals surface area contributed by atoms with Crippen molar-refractivity contribution in [3.8, 4) is 0 Å². The summed E-state index contributed by atoms with van der Waals surface area (Å²) in [6.07, 6.45) is 0.874. The molecule has 148 valence electrons. The average Bonchev–Trinajstić information content (AvgIpc) is 3.07. The molecule has 1 heterocycles. The van der Waals surface area contributed by atoms with E-state index >= 15 is 0 Å². The summed E-state index contributed by atoms with van der Waals surface area (Å²) in [5.41, 5.74) is 1.56. The first-order chi connectivity index (χ1) is 13.5. The highest BCUT2D eigenvalue weighted by molar-refractivity contribution is 7.99. The predicted molar refractivity (Wildman–Crippen MR) is 122 cm³/mol. The smallest absolute Gasteiger partial charge is 0.260 e. The Morgan fingerprint density at radius 3 is 2.75 bits per heavy atom. The van der Waals surface area contributed by atoms with Crippen LogP contribution in [0.4, 0.5) is 5.13 Å². The van der Waals surface area contributed by atoms with E-state index in [0.717, 1.165) is 39.0 Å². The summed E-state index contributed by atoms with van der Waals surface area (Å²) in [6, 6.07) is 13.5. The fraction of sp³-hybridized carbons (Fsp3) is 0.333. The summed E-state index contributed by atoms with van der Waals surface area (Å²) in [5, 5.41) is 1.40. The number of amides is 1. The number of hydrogen-bond donors (Lipinski definition) is 0. The topological polar surface area (TPSA) is 36.4 Å². The van der Waals surface area contributed by atoms with E-state index in [0.29, 0.717) is 17.1 Å². The first-order valence-electron chi connectivity index (χ1n) is 9.23. The van der Waals surface area contributed by atoms with Gasteiger partial charge in [0.15, 0.2) is 5.13 Å². The molecule has 3 rings (SSSR count). The van der Waals surface area contributed by atoms with Gasteiger partial charge >= 0.3 is 0 Å². The zero-order valence-corrected chi connectivity index (χ0v) is 18.7. The summed E-state index contributed by atoms with van der Waals surface area (Å²) in [7, 11) is 4.08. The minimum atomic E-state index is -0.0116. The fourth-order valence-electron chi connectivity index (χ4n) is 2.87. The van der Waals surface area contributed by atoms with E-state index in [1.165, 1.54) is 11.3 Å². The third kappa shape index (κ3) is 5.26. The maximum absolute atomic E-state index is 13.4. The number of thiazole rings is 1. The van der Waals surface area contributed by atoms with Gasteiger partial charge < -0.3 is 4.90 Å². The summed E-state index contributed by atoms with van der Waals surface area (Å²) in [6.45, 7) is 3.64. The SMILES string of the molecule is CCSc1cccc(C(=O)N(CCCN(C)C)c2nc3ccc(Cl)cc3s2)c1. The molecule has 0 aliphatic heterocycles. The Labute approximate surface area is 179 Å². The van der Waals surface area contributed by atoms with Gasteiger partial charge in [-0.3, -0.25) is 9.69 Å². The molecule has 0 saturated carbocycles. The summed E-state index contributed by atoms with van der Waals surface area (Å²) in [4.78, 5) is 23.1. The Balaban J connectivity index is 1.93. The fourth-order valence-corrected chi connectivity index (χ4v) is 4.86. The Morgan fingerprint density at radius 1 is 1.18 bits per heavy atom. The van der Waals surface area contributed by atoms with Gasteiger partial charge in [0.2, 0.25) is 0 Å². The van der Waals surface area contributed by atoms with Gasteiger partial charge in [-0.25, -0.2) is 4.98 Å². The van der Waals surface area contributed by atoms with Crippen LogP contribution in [-0.2, 0) is 0 Å². The van der Waals surface area contributed by atoms with Gasteiger partial charge in [0.05, 0.1) is 10.2 Å². The second-order valence-corrected chi connectivity index (χ2v) is 9.47. The Bertz CT molecular complexity index is 958. The van der Waals surface area contributed by atoms with Crippen LogP contribution in [-0.4, -0.2) is 48.7 Å². The molecule has 0 spiro atoms. The highest BCUT2D eigenvalue weighted by Crippen LogP contribution is 2.32. The van der Waals surface area contributed by atoms with Crippen molar-refractivity contribution in [2.45, 2.75) is 18.2 Å². The largest absolute Gasteiger partial charge is 0.309 e. The number of rotatable bonds is 8. The molecule has 0 aliphatic rings. The Kier molecular flexibility index (Phi) is 7.35. The van der Waals surface area contributed by atoms with Crippen LogP contribution in [0.2, 0.25) is 5.02 Å². The normalized spacial score (nSPS) is 11.3. The lowest BCUT2D eigenvalue weighted by atomic mass is 10.2. The van der Waals surface area contributed by atoms with Crippen molar-refractivity contribution in [1.29, 1.82) is 0 Å². The standard InChI is InChI=1S/C21H24ClN3OS2/c1-4-27-17-8-5-7-15(13-17)20(26)25(12-6-11-24(2)3)21-23-18-10-9-16(22)14-19(18)28-21/h5,7-10,13-14H,4,6,11-12H2,1-3H3. The van der Waals surface area contributed by atoms with Crippen LogP contribution in [0.1, 0.15) is 23.7 Å². The van der Waals surface area contributed by atoms with E-state index in [1.807, 2.05) is 56.6 Å². The highest BCUT2D eigenvalue weighted by atomic mass is 35.5. The van der Waals surface area contributed by atoms with Crippen molar-refractivity contribution >= 4 is 56.0 Å². The van der Waals surface area contributed by atoms with Crippen molar-refractivity contribution in [2.75, 3.05) is 37.8 Å². The lowest BCUT2D eigenvalue weighted by Gasteiger charge is -2.21. The molecular weight excluding hydrogens is 410 g/mol. The Morgan fingerprint density at radius 2 is 2.00 bits per heavy atom. The molecule has 0 N–H and O–H groups in total. The average molecular weight is 434 g/mol. The Hall–Kier alpha value is -1.60. The number of fused-ring (bicyclic) bond motifs is 1. The number of carbonyl (C=O) groups is 1. The number of halogens is 1. The molecular formula is C21H24ClN3OS2. The molecule has 2 aromatic carbocycles. The summed E-state index contributed by atoms with van der Waals surface area (Å²) >= 11 is 9.37. The second-order valence-electron chi connectivity index (χ2n) is 6.68. The van der Waals surface area contributed by atoms with Gasteiger partial charge in [-0.1, -0.05) is 35.9 Å². The van der Waals surface area contributed by atoms with E-state index in [4.69, 9.17) is 16.6 Å². The molecule has 0 bridgehead atoms. The van der Waals surface area contributed by atoms with Gasteiger partial charge in [-0.15, -0.1) is 11.8 Å². The van der Waals surface area contributed by atoms with Crippen LogP contribution in [0.15, 0.2) is 47.4 Å². The number of carbonyl (C=O) groups excluding carboxylic acids is 1. The number of aromatic nitrogens is 1. The molecule has 0 fully saturated rings. The van der Waals surface area contributed by atoms with Crippen LogP contribution in [0.5, 0.6) is 0 Å². The number of nitrogens with zero attached hydrogens (tertiary/aromatic N) is 3. The number of benzene rings is 2. The van der Waals surface area contributed by atoms with Crippen LogP contribution in [0.3, 0.4) is 0 Å². The lowest BCUT2D eigenvalue weighted by molar-refractivity contribution is 0.0986. The molecule has 0 radical (unpaired) electrons. The molecule has 4 nitrogen and oxygen atoms in total. The highest BCUT2D eigenvalue weighted by Gasteiger charge is 2.21. The van der Waals surface area contributed by atoms with E-state index in [1.54, 1.807) is 16.7 Å². The second kappa shape index (κ2) is 9.74. The molecule has 7 heteroatoms. The van der Waals surface area contributed by atoms with Crippen LogP contribution in [0.25, 0.3) is 10.2 Å². The van der Waals surface area contributed by atoms with E-state index < -0.39 is 0 Å². The predicted octanol–water partition coefficient (Wildman–Crippen LogP) is 5.66. The maximum atomic E-state index is 13.4. The molecule has 0 saturated heterocycles. The molecule has 28 heavy (non-hydrogen) atoms. The quantitative estimate of drug-likeness (QED) is 0.429. The van der Waals surface area contributed by atoms with Crippen molar-refractivity contribution in [1.82, 2.24) is 9.88 Å². The van der Waals surface area contributed by atoms with Gasteiger partial charge in [0.1, 0.15) is 0 Å². The third-order valence-electron chi connectivity index (χ3n) is 4.19.